The quantitative estimate of drug-likeness (QED) is 0.484. The summed E-state index contributed by atoms with van der Waals surface area (Å²) in [7, 11) is -2.25. The largest absolute Gasteiger partial charge is 0.497 e. The molecule has 0 radical (unpaired) electrons. The molecule has 3 aromatic carbocycles. The van der Waals surface area contributed by atoms with E-state index in [9.17, 15) is 18.3 Å². The zero-order chi connectivity index (χ0) is 21.6. The van der Waals surface area contributed by atoms with Crippen LogP contribution in [-0.2, 0) is 21.4 Å². The fraction of sp³-hybridized carbons (Fsp3) is 0.136. The van der Waals surface area contributed by atoms with Gasteiger partial charge in [-0.3, -0.25) is 14.8 Å². The van der Waals surface area contributed by atoms with Crippen molar-refractivity contribution in [3.8, 4) is 5.75 Å². The van der Waals surface area contributed by atoms with Crippen LogP contribution in [0.2, 0.25) is 0 Å². The van der Waals surface area contributed by atoms with Crippen molar-refractivity contribution in [2.75, 3.05) is 11.8 Å². The molecule has 0 aliphatic rings. The second-order valence-corrected chi connectivity index (χ2v) is 8.23. The summed E-state index contributed by atoms with van der Waals surface area (Å²) < 4.78 is 32.8. The fourth-order valence-electron chi connectivity index (χ4n) is 2.93. The number of ether oxygens (including phenoxy) is 1. The average Bonchev–Trinajstić information content (AvgIpc) is 2.74. The molecule has 0 bridgehead atoms. The van der Waals surface area contributed by atoms with Crippen LogP contribution in [0.1, 0.15) is 17.2 Å². The fourth-order valence-corrected chi connectivity index (χ4v) is 3.98. The smallest absolute Gasteiger partial charge is 0.325 e. The number of aliphatic carboxylic acids is 1. The number of nitrogens with one attached hydrogen (secondary N) is 2. The number of methoxy groups -OCH3 is 1. The Morgan fingerprint density at radius 1 is 1.00 bits per heavy atom. The maximum absolute atomic E-state index is 12.6. The molecule has 0 aromatic heterocycles. The third kappa shape index (κ3) is 5.37. The van der Waals surface area contributed by atoms with Crippen LogP contribution in [0.3, 0.4) is 0 Å². The summed E-state index contributed by atoms with van der Waals surface area (Å²) in [6, 6.07) is 20.9. The van der Waals surface area contributed by atoms with E-state index in [2.05, 4.69) is 10.0 Å². The van der Waals surface area contributed by atoms with Gasteiger partial charge in [0.15, 0.2) is 0 Å². The Morgan fingerprint density at radius 2 is 1.70 bits per heavy atom. The molecule has 156 valence electrons. The average molecular weight is 426 g/mol. The molecule has 0 saturated carbocycles. The van der Waals surface area contributed by atoms with Crippen molar-refractivity contribution in [1.29, 1.82) is 0 Å². The zero-order valence-corrected chi connectivity index (χ0v) is 17.1. The molecule has 0 saturated heterocycles. The molecule has 0 heterocycles. The Hall–Kier alpha value is -3.36. The molecule has 8 heteroatoms. The van der Waals surface area contributed by atoms with Crippen LogP contribution in [0.25, 0.3) is 0 Å². The van der Waals surface area contributed by atoms with Gasteiger partial charge in [0, 0.05) is 12.2 Å². The monoisotopic (exact) mass is 426 g/mol. The number of rotatable bonds is 9. The van der Waals surface area contributed by atoms with E-state index in [4.69, 9.17) is 4.74 Å². The first-order valence-electron chi connectivity index (χ1n) is 9.16. The highest BCUT2D eigenvalue weighted by Crippen LogP contribution is 2.20. The molecule has 0 amide bonds. The summed E-state index contributed by atoms with van der Waals surface area (Å²) in [5, 5.41) is 12.5. The third-order valence-electron chi connectivity index (χ3n) is 4.44. The molecule has 1 atom stereocenters. The first kappa shape index (κ1) is 21.4. The van der Waals surface area contributed by atoms with E-state index in [1.165, 1.54) is 19.2 Å². The molecule has 3 rings (SSSR count). The van der Waals surface area contributed by atoms with E-state index in [1.54, 1.807) is 60.7 Å². The standard InChI is InChI=1S/C22H22N2O5S/c1-29-19-10-12-20(13-11-19)30(27,28)24-18-9-5-6-16(14-18)15-23-21(22(25)26)17-7-3-2-4-8-17/h2-14,21,23-24H,15H2,1H3,(H,25,26). The van der Waals surface area contributed by atoms with Crippen LogP contribution in [0, 0.1) is 0 Å². The van der Waals surface area contributed by atoms with Gasteiger partial charge in [0.25, 0.3) is 10.0 Å². The lowest BCUT2D eigenvalue weighted by Crippen LogP contribution is -2.28. The van der Waals surface area contributed by atoms with Crippen LogP contribution in [-0.4, -0.2) is 26.6 Å². The number of anilines is 1. The number of hydrogen-bond acceptors (Lipinski definition) is 5. The van der Waals surface area contributed by atoms with E-state index in [0.717, 1.165) is 5.56 Å². The van der Waals surface area contributed by atoms with E-state index in [0.29, 0.717) is 17.0 Å². The molecule has 0 spiro atoms. The van der Waals surface area contributed by atoms with Crippen LogP contribution >= 0.6 is 0 Å². The number of carboxylic acid groups (broad SMARTS) is 1. The summed E-state index contributed by atoms with van der Waals surface area (Å²) >= 11 is 0. The first-order chi connectivity index (χ1) is 14.4. The highest BCUT2D eigenvalue weighted by atomic mass is 32.2. The Morgan fingerprint density at radius 3 is 2.33 bits per heavy atom. The molecule has 0 fully saturated rings. The second kappa shape index (κ2) is 9.43. The van der Waals surface area contributed by atoms with Gasteiger partial charge in [-0.25, -0.2) is 8.42 Å². The van der Waals surface area contributed by atoms with Crippen LogP contribution < -0.4 is 14.8 Å². The molecule has 0 aliphatic heterocycles. The lowest BCUT2D eigenvalue weighted by Gasteiger charge is -2.15. The summed E-state index contributed by atoms with van der Waals surface area (Å²) in [4.78, 5) is 11.7. The van der Waals surface area contributed by atoms with Gasteiger partial charge in [-0.2, -0.15) is 0 Å². The van der Waals surface area contributed by atoms with Gasteiger partial charge in [0.1, 0.15) is 11.8 Å². The van der Waals surface area contributed by atoms with Crippen LogP contribution in [0.5, 0.6) is 5.75 Å². The van der Waals surface area contributed by atoms with Crippen molar-refractivity contribution < 1.29 is 23.1 Å². The third-order valence-corrected chi connectivity index (χ3v) is 5.84. The van der Waals surface area contributed by atoms with Gasteiger partial charge in [0.2, 0.25) is 0 Å². The van der Waals surface area contributed by atoms with Crippen LogP contribution in [0.15, 0.2) is 83.8 Å². The van der Waals surface area contributed by atoms with E-state index < -0.39 is 22.0 Å². The van der Waals surface area contributed by atoms with Crippen molar-refractivity contribution in [2.24, 2.45) is 0 Å². The predicted molar refractivity (Wildman–Crippen MR) is 114 cm³/mol. The summed E-state index contributed by atoms with van der Waals surface area (Å²) in [6.45, 7) is 0.254. The zero-order valence-electron chi connectivity index (χ0n) is 16.3. The molecule has 3 aromatic rings. The molecule has 7 nitrogen and oxygen atoms in total. The highest BCUT2D eigenvalue weighted by molar-refractivity contribution is 7.92. The topological polar surface area (TPSA) is 105 Å². The normalized spacial score (nSPS) is 12.2. The highest BCUT2D eigenvalue weighted by Gasteiger charge is 2.19. The minimum absolute atomic E-state index is 0.113. The lowest BCUT2D eigenvalue weighted by molar-refractivity contribution is -0.139. The van der Waals surface area contributed by atoms with Crippen molar-refractivity contribution >= 4 is 21.7 Å². The van der Waals surface area contributed by atoms with Gasteiger partial charge in [-0.1, -0.05) is 42.5 Å². The molecular formula is C22H22N2O5S. The maximum Gasteiger partial charge on any atom is 0.325 e. The number of benzene rings is 3. The number of hydrogen-bond donors (Lipinski definition) is 3. The van der Waals surface area contributed by atoms with E-state index in [-0.39, 0.29) is 11.4 Å². The van der Waals surface area contributed by atoms with E-state index in [1.807, 2.05) is 6.07 Å². The minimum atomic E-state index is -3.76. The van der Waals surface area contributed by atoms with Crippen molar-refractivity contribution in [3.63, 3.8) is 0 Å². The molecular weight excluding hydrogens is 404 g/mol. The number of carboxylic acids is 1. The Kier molecular flexibility index (Phi) is 6.71. The molecule has 1 unspecified atom stereocenters. The molecule has 3 N–H and O–H groups in total. The van der Waals surface area contributed by atoms with Gasteiger partial charge in [-0.15, -0.1) is 0 Å². The summed E-state index contributed by atoms with van der Waals surface area (Å²) in [5.74, 6) is -0.425. The van der Waals surface area contributed by atoms with E-state index >= 15 is 0 Å². The van der Waals surface area contributed by atoms with Crippen molar-refractivity contribution in [1.82, 2.24) is 5.32 Å². The molecule has 0 aliphatic carbocycles. The number of sulfonamides is 1. The first-order valence-corrected chi connectivity index (χ1v) is 10.6. The summed E-state index contributed by atoms with van der Waals surface area (Å²) in [6.07, 6.45) is 0. The number of carbonyl (C=O) groups is 1. The van der Waals surface area contributed by atoms with Gasteiger partial charge < -0.3 is 9.84 Å². The predicted octanol–water partition coefficient (Wildman–Crippen LogP) is 3.41. The van der Waals surface area contributed by atoms with Crippen molar-refractivity contribution in [2.45, 2.75) is 17.5 Å². The Labute approximate surface area is 175 Å². The SMILES string of the molecule is COc1ccc(S(=O)(=O)Nc2cccc(CNC(C(=O)O)c3ccccc3)c2)cc1. The van der Waals surface area contributed by atoms with Crippen LogP contribution in [0.4, 0.5) is 5.69 Å². The Bertz CT molecular complexity index is 1100. The maximum atomic E-state index is 12.6. The van der Waals surface area contributed by atoms with Gasteiger partial charge in [0.05, 0.1) is 12.0 Å². The van der Waals surface area contributed by atoms with Gasteiger partial charge in [-0.05, 0) is 47.5 Å². The summed E-state index contributed by atoms with van der Waals surface area (Å²) in [5.41, 5.74) is 1.77. The Balaban J connectivity index is 1.71. The lowest BCUT2D eigenvalue weighted by atomic mass is 10.1. The van der Waals surface area contributed by atoms with Crippen molar-refractivity contribution in [3.05, 3.63) is 90.0 Å². The minimum Gasteiger partial charge on any atom is -0.497 e. The molecule has 30 heavy (non-hydrogen) atoms. The van der Waals surface area contributed by atoms with Gasteiger partial charge >= 0.3 is 5.97 Å². The second-order valence-electron chi connectivity index (χ2n) is 6.54.